The van der Waals surface area contributed by atoms with E-state index in [9.17, 15) is 9.90 Å². The van der Waals surface area contributed by atoms with Crippen LogP contribution in [0.4, 0.5) is 0 Å². The van der Waals surface area contributed by atoms with Crippen molar-refractivity contribution in [2.75, 3.05) is 0 Å². The SMILES string of the molecule is CCCn1c(C2CC(C)CC2C(=O)O)nc2cccnc21. The first-order chi connectivity index (χ1) is 10.1. The van der Waals surface area contributed by atoms with Gasteiger partial charge in [-0.25, -0.2) is 9.97 Å². The van der Waals surface area contributed by atoms with Crippen molar-refractivity contribution in [2.45, 2.75) is 45.6 Å². The topological polar surface area (TPSA) is 68.0 Å². The highest BCUT2D eigenvalue weighted by molar-refractivity contribution is 5.74. The summed E-state index contributed by atoms with van der Waals surface area (Å²) in [5.41, 5.74) is 1.74. The minimum absolute atomic E-state index is 0.00162. The van der Waals surface area contributed by atoms with Crippen LogP contribution in [0.3, 0.4) is 0 Å². The van der Waals surface area contributed by atoms with Crippen LogP contribution in [0.5, 0.6) is 0 Å². The van der Waals surface area contributed by atoms with Crippen molar-refractivity contribution in [1.82, 2.24) is 14.5 Å². The fraction of sp³-hybridized carbons (Fsp3) is 0.562. The maximum Gasteiger partial charge on any atom is 0.307 e. The van der Waals surface area contributed by atoms with Crippen LogP contribution in [0, 0.1) is 11.8 Å². The number of pyridine rings is 1. The van der Waals surface area contributed by atoms with Gasteiger partial charge in [0.1, 0.15) is 11.3 Å². The summed E-state index contributed by atoms with van der Waals surface area (Å²) in [4.78, 5) is 20.7. The van der Waals surface area contributed by atoms with Gasteiger partial charge < -0.3 is 9.67 Å². The molecule has 3 unspecified atom stereocenters. The summed E-state index contributed by atoms with van der Waals surface area (Å²) in [7, 11) is 0. The number of hydrogen-bond acceptors (Lipinski definition) is 3. The quantitative estimate of drug-likeness (QED) is 0.938. The van der Waals surface area contributed by atoms with E-state index in [1.807, 2.05) is 12.1 Å². The van der Waals surface area contributed by atoms with Gasteiger partial charge >= 0.3 is 5.97 Å². The maximum absolute atomic E-state index is 11.6. The van der Waals surface area contributed by atoms with Crippen LogP contribution < -0.4 is 0 Å². The second-order valence-electron chi connectivity index (χ2n) is 6.10. The molecule has 2 aromatic heterocycles. The van der Waals surface area contributed by atoms with E-state index in [-0.39, 0.29) is 11.8 Å². The summed E-state index contributed by atoms with van der Waals surface area (Å²) in [6, 6.07) is 3.83. The van der Waals surface area contributed by atoms with Crippen molar-refractivity contribution in [2.24, 2.45) is 11.8 Å². The molecule has 3 atom stereocenters. The first-order valence-corrected chi connectivity index (χ1v) is 7.65. The number of nitrogens with zero attached hydrogens (tertiary/aromatic N) is 3. The number of hydrogen-bond donors (Lipinski definition) is 1. The largest absolute Gasteiger partial charge is 0.481 e. The minimum atomic E-state index is -0.701. The fourth-order valence-electron chi connectivity index (χ4n) is 3.55. The molecule has 2 heterocycles. The second-order valence-corrected chi connectivity index (χ2v) is 6.10. The number of carbonyl (C=O) groups is 1. The van der Waals surface area contributed by atoms with E-state index >= 15 is 0 Å². The summed E-state index contributed by atoms with van der Waals surface area (Å²) in [6.45, 7) is 5.07. The summed E-state index contributed by atoms with van der Waals surface area (Å²) < 4.78 is 2.12. The molecule has 1 N–H and O–H groups in total. The first kappa shape index (κ1) is 14.0. The molecule has 0 saturated heterocycles. The molecule has 0 bridgehead atoms. The Morgan fingerprint density at radius 1 is 1.48 bits per heavy atom. The molecule has 0 aromatic carbocycles. The van der Waals surface area contributed by atoms with Gasteiger partial charge in [-0.05, 0) is 37.3 Å². The second kappa shape index (κ2) is 5.47. The van der Waals surface area contributed by atoms with Crippen LogP contribution in [-0.2, 0) is 11.3 Å². The number of aliphatic carboxylic acids is 1. The lowest BCUT2D eigenvalue weighted by Crippen LogP contribution is -2.20. The standard InChI is InChI=1S/C16H21N3O2/c1-3-7-19-14(18-13-5-4-6-17-15(13)19)11-8-10(2)9-12(11)16(20)21/h4-6,10-12H,3,7-9H2,1-2H3,(H,20,21). The van der Waals surface area contributed by atoms with Crippen LogP contribution in [0.1, 0.15) is 44.9 Å². The molecule has 0 amide bonds. The van der Waals surface area contributed by atoms with Crippen molar-refractivity contribution in [1.29, 1.82) is 0 Å². The minimum Gasteiger partial charge on any atom is -0.481 e. The summed E-state index contributed by atoms with van der Waals surface area (Å²) in [5.74, 6) is 0.305. The Labute approximate surface area is 124 Å². The first-order valence-electron chi connectivity index (χ1n) is 7.65. The molecular weight excluding hydrogens is 266 g/mol. The van der Waals surface area contributed by atoms with Crippen LogP contribution in [0.15, 0.2) is 18.3 Å². The predicted molar refractivity (Wildman–Crippen MR) is 80.1 cm³/mol. The number of fused-ring (bicyclic) bond motifs is 1. The van der Waals surface area contributed by atoms with Gasteiger partial charge in [0.25, 0.3) is 0 Å². The number of carboxylic acid groups (broad SMARTS) is 1. The van der Waals surface area contributed by atoms with Gasteiger partial charge in [0.2, 0.25) is 0 Å². The van der Waals surface area contributed by atoms with E-state index in [0.29, 0.717) is 5.92 Å². The van der Waals surface area contributed by atoms with Gasteiger partial charge in [-0.15, -0.1) is 0 Å². The van der Waals surface area contributed by atoms with E-state index in [1.54, 1.807) is 6.20 Å². The Morgan fingerprint density at radius 3 is 3.00 bits per heavy atom. The molecule has 0 aliphatic heterocycles. The lowest BCUT2D eigenvalue weighted by Gasteiger charge is -2.17. The molecule has 5 nitrogen and oxygen atoms in total. The Bertz CT molecular complexity index is 665. The molecule has 1 fully saturated rings. The van der Waals surface area contributed by atoms with Gasteiger partial charge in [-0.2, -0.15) is 0 Å². The lowest BCUT2D eigenvalue weighted by molar-refractivity contribution is -0.142. The third-order valence-corrected chi connectivity index (χ3v) is 4.43. The molecule has 1 aliphatic carbocycles. The summed E-state index contributed by atoms with van der Waals surface area (Å²) >= 11 is 0. The van der Waals surface area contributed by atoms with E-state index in [0.717, 1.165) is 42.8 Å². The molecule has 2 aromatic rings. The average molecular weight is 287 g/mol. The zero-order chi connectivity index (χ0) is 15.0. The van der Waals surface area contributed by atoms with Crippen LogP contribution in [0.25, 0.3) is 11.2 Å². The van der Waals surface area contributed by atoms with E-state index in [2.05, 4.69) is 23.4 Å². The normalized spacial score (nSPS) is 25.5. The van der Waals surface area contributed by atoms with Crippen molar-refractivity contribution < 1.29 is 9.90 Å². The van der Waals surface area contributed by atoms with Crippen LogP contribution in [0.2, 0.25) is 0 Å². The Morgan fingerprint density at radius 2 is 2.29 bits per heavy atom. The van der Waals surface area contributed by atoms with E-state index in [4.69, 9.17) is 4.98 Å². The third kappa shape index (κ3) is 2.41. The highest BCUT2D eigenvalue weighted by Gasteiger charge is 2.40. The molecule has 0 radical (unpaired) electrons. The van der Waals surface area contributed by atoms with Crippen LogP contribution in [-0.4, -0.2) is 25.6 Å². The molecule has 21 heavy (non-hydrogen) atoms. The van der Waals surface area contributed by atoms with Gasteiger partial charge in [0.15, 0.2) is 5.65 Å². The van der Waals surface area contributed by atoms with Crippen molar-refractivity contribution in [3.8, 4) is 0 Å². The number of aryl methyl sites for hydroxylation is 1. The van der Waals surface area contributed by atoms with Crippen LogP contribution >= 0.6 is 0 Å². The Hall–Kier alpha value is -1.91. The zero-order valence-electron chi connectivity index (χ0n) is 12.5. The molecule has 112 valence electrons. The Balaban J connectivity index is 2.10. The van der Waals surface area contributed by atoms with Gasteiger partial charge in [0, 0.05) is 18.7 Å². The molecule has 0 spiro atoms. The summed E-state index contributed by atoms with van der Waals surface area (Å²) in [6.07, 6.45) is 4.38. The number of carboxylic acids is 1. The van der Waals surface area contributed by atoms with Gasteiger partial charge in [0.05, 0.1) is 5.92 Å². The molecular formula is C16H21N3O2. The smallest absolute Gasteiger partial charge is 0.307 e. The highest BCUT2D eigenvalue weighted by atomic mass is 16.4. The van der Waals surface area contributed by atoms with Crippen molar-refractivity contribution >= 4 is 17.1 Å². The average Bonchev–Trinajstić information content (AvgIpc) is 3.01. The number of aromatic nitrogens is 3. The molecule has 3 rings (SSSR count). The van der Waals surface area contributed by atoms with Gasteiger partial charge in [-0.1, -0.05) is 13.8 Å². The van der Waals surface area contributed by atoms with E-state index in [1.165, 1.54) is 0 Å². The Kier molecular flexibility index (Phi) is 3.66. The third-order valence-electron chi connectivity index (χ3n) is 4.43. The molecule has 5 heteroatoms. The van der Waals surface area contributed by atoms with Crippen molar-refractivity contribution in [3.63, 3.8) is 0 Å². The molecule has 1 saturated carbocycles. The lowest BCUT2D eigenvalue weighted by atomic mass is 9.95. The summed E-state index contributed by atoms with van der Waals surface area (Å²) in [5, 5.41) is 9.51. The predicted octanol–water partition coefficient (Wildman–Crippen LogP) is 3.06. The number of rotatable bonds is 4. The molecule has 1 aliphatic rings. The highest BCUT2D eigenvalue weighted by Crippen LogP contribution is 2.43. The zero-order valence-corrected chi connectivity index (χ0v) is 12.5. The van der Waals surface area contributed by atoms with Crippen molar-refractivity contribution in [3.05, 3.63) is 24.2 Å². The van der Waals surface area contributed by atoms with Gasteiger partial charge in [-0.3, -0.25) is 4.79 Å². The monoisotopic (exact) mass is 287 g/mol. The number of imidazole rings is 1. The maximum atomic E-state index is 11.6. The fourth-order valence-corrected chi connectivity index (χ4v) is 3.55. The van der Waals surface area contributed by atoms with E-state index < -0.39 is 5.97 Å².